The topological polar surface area (TPSA) is 71.3 Å². The van der Waals surface area contributed by atoms with Gasteiger partial charge in [-0.1, -0.05) is 48.0 Å². The molecule has 1 aliphatic heterocycles. The zero-order valence-corrected chi connectivity index (χ0v) is 18.9. The molecule has 2 aliphatic rings. The summed E-state index contributed by atoms with van der Waals surface area (Å²) in [6.07, 6.45) is 2.49. The molecule has 0 radical (unpaired) electrons. The number of hydrogen-bond donors (Lipinski definition) is 2. The number of allylic oxidation sites excluding steroid dienone is 1. The molecule has 0 saturated heterocycles. The lowest BCUT2D eigenvalue weighted by atomic mass is 9.78. The number of halogens is 1. The first kappa shape index (κ1) is 20.8. The molecule has 1 aromatic heterocycles. The van der Waals surface area contributed by atoms with E-state index in [1.807, 2.05) is 60.7 Å². The van der Waals surface area contributed by atoms with E-state index in [1.165, 1.54) is 6.26 Å². The number of rotatable bonds is 2. The summed E-state index contributed by atoms with van der Waals surface area (Å²) < 4.78 is 5.82. The maximum absolute atomic E-state index is 13.6. The Morgan fingerprint density at radius 2 is 1.59 bits per heavy atom. The molecule has 0 fully saturated rings. The van der Waals surface area contributed by atoms with Gasteiger partial charge in [-0.15, -0.1) is 0 Å². The number of carbonyl (C=O) groups is 1. The first-order valence-electron chi connectivity index (χ1n) is 11.2. The molecular weight excluding hydrogens is 448 g/mol. The number of benzene rings is 3. The van der Waals surface area contributed by atoms with E-state index in [4.69, 9.17) is 16.0 Å². The zero-order chi connectivity index (χ0) is 23.2. The molecule has 5 nitrogen and oxygen atoms in total. The van der Waals surface area contributed by atoms with Gasteiger partial charge in [-0.2, -0.15) is 0 Å². The molecule has 2 atom stereocenters. The fourth-order valence-electron chi connectivity index (χ4n) is 4.99. The SMILES string of the molecule is O=C1C[C@@H](c2ccc(Cl)cc2)CC2=C1[C@@H](c1coc3ccccc3c1=O)Nc1ccccc1N2. The van der Waals surface area contributed by atoms with Crippen molar-refractivity contribution in [1.29, 1.82) is 0 Å². The third-order valence-corrected chi connectivity index (χ3v) is 6.92. The molecule has 2 heterocycles. The van der Waals surface area contributed by atoms with Crippen molar-refractivity contribution in [3.8, 4) is 0 Å². The van der Waals surface area contributed by atoms with Gasteiger partial charge in [0.05, 0.1) is 28.4 Å². The molecular formula is C28H21ClN2O3. The first-order valence-corrected chi connectivity index (χ1v) is 11.6. The third kappa shape index (κ3) is 3.49. The molecule has 0 bridgehead atoms. The monoisotopic (exact) mass is 468 g/mol. The fourth-order valence-corrected chi connectivity index (χ4v) is 5.11. The molecule has 3 aromatic carbocycles. The predicted molar refractivity (Wildman–Crippen MR) is 134 cm³/mol. The summed E-state index contributed by atoms with van der Waals surface area (Å²) in [4.78, 5) is 27.1. The van der Waals surface area contributed by atoms with Crippen LogP contribution in [0.1, 0.15) is 35.9 Å². The molecule has 34 heavy (non-hydrogen) atoms. The van der Waals surface area contributed by atoms with Crippen LogP contribution >= 0.6 is 11.6 Å². The van der Waals surface area contributed by atoms with Crippen LogP contribution in [0.5, 0.6) is 0 Å². The Bertz CT molecular complexity index is 1520. The predicted octanol–water partition coefficient (Wildman–Crippen LogP) is 6.43. The first-order chi connectivity index (χ1) is 16.6. The highest BCUT2D eigenvalue weighted by atomic mass is 35.5. The van der Waals surface area contributed by atoms with Gasteiger partial charge >= 0.3 is 0 Å². The molecule has 4 aromatic rings. The van der Waals surface area contributed by atoms with E-state index in [1.54, 1.807) is 12.1 Å². The second kappa shape index (κ2) is 8.19. The number of anilines is 2. The summed E-state index contributed by atoms with van der Waals surface area (Å²) in [5.74, 6) is 0.0292. The van der Waals surface area contributed by atoms with Crippen LogP contribution in [-0.4, -0.2) is 5.78 Å². The van der Waals surface area contributed by atoms with Gasteiger partial charge in [0.15, 0.2) is 11.2 Å². The minimum Gasteiger partial charge on any atom is -0.464 e. The minimum atomic E-state index is -0.620. The highest BCUT2D eigenvalue weighted by molar-refractivity contribution is 6.30. The van der Waals surface area contributed by atoms with Crippen LogP contribution in [0.15, 0.2) is 99.5 Å². The van der Waals surface area contributed by atoms with Crippen molar-refractivity contribution >= 4 is 39.7 Å². The van der Waals surface area contributed by atoms with Crippen molar-refractivity contribution in [3.05, 3.63) is 117 Å². The highest BCUT2D eigenvalue weighted by Gasteiger charge is 2.37. The van der Waals surface area contributed by atoms with Crippen molar-refractivity contribution < 1.29 is 9.21 Å². The van der Waals surface area contributed by atoms with E-state index in [0.717, 1.165) is 22.6 Å². The highest BCUT2D eigenvalue weighted by Crippen LogP contribution is 2.44. The lowest BCUT2D eigenvalue weighted by molar-refractivity contribution is -0.116. The lowest BCUT2D eigenvalue weighted by Crippen LogP contribution is -2.29. The van der Waals surface area contributed by atoms with Crippen molar-refractivity contribution in [3.63, 3.8) is 0 Å². The number of nitrogens with one attached hydrogen (secondary N) is 2. The third-order valence-electron chi connectivity index (χ3n) is 6.67. The van der Waals surface area contributed by atoms with E-state index in [9.17, 15) is 9.59 Å². The summed E-state index contributed by atoms with van der Waals surface area (Å²) >= 11 is 6.08. The lowest BCUT2D eigenvalue weighted by Gasteiger charge is -2.29. The summed E-state index contributed by atoms with van der Waals surface area (Å²) in [6, 6.07) is 22.0. The zero-order valence-electron chi connectivity index (χ0n) is 18.2. The van der Waals surface area contributed by atoms with Gasteiger partial charge < -0.3 is 15.1 Å². The Morgan fingerprint density at radius 1 is 0.853 bits per heavy atom. The van der Waals surface area contributed by atoms with Gasteiger partial charge in [0.25, 0.3) is 0 Å². The van der Waals surface area contributed by atoms with E-state index >= 15 is 0 Å². The second-order valence-electron chi connectivity index (χ2n) is 8.74. The second-order valence-corrected chi connectivity index (χ2v) is 9.17. The number of Topliss-reactive ketones (excluding diaryl/α,β-unsaturated/α-hetero) is 1. The van der Waals surface area contributed by atoms with Crippen LogP contribution in [-0.2, 0) is 4.79 Å². The van der Waals surface area contributed by atoms with Crippen LogP contribution in [0.2, 0.25) is 5.02 Å². The van der Waals surface area contributed by atoms with Crippen LogP contribution < -0.4 is 16.1 Å². The molecule has 2 N–H and O–H groups in total. The number of ketones is 1. The summed E-state index contributed by atoms with van der Waals surface area (Å²) in [7, 11) is 0. The van der Waals surface area contributed by atoms with Crippen molar-refractivity contribution in [1.82, 2.24) is 0 Å². The van der Waals surface area contributed by atoms with Crippen molar-refractivity contribution in [2.75, 3.05) is 10.6 Å². The molecule has 168 valence electrons. The van der Waals surface area contributed by atoms with E-state index in [-0.39, 0.29) is 17.1 Å². The molecule has 1 aliphatic carbocycles. The van der Waals surface area contributed by atoms with Gasteiger partial charge in [-0.3, -0.25) is 9.59 Å². The van der Waals surface area contributed by atoms with Gasteiger partial charge in [-0.25, -0.2) is 0 Å². The molecule has 0 spiro atoms. The quantitative estimate of drug-likeness (QED) is 0.355. The summed E-state index contributed by atoms with van der Waals surface area (Å²) in [5.41, 5.74) is 4.97. The van der Waals surface area contributed by atoms with E-state index in [2.05, 4.69) is 10.6 Å². The van der Waals surface area contributed by atoms with E-state index in [0.29, 0.717) is 40.0 Å². The van der Waals surface area contributed by atoms with Gasteiger partial charge in [0.2, 0.25) is 0 Å². The maximum Gasteiger partial charge on any atom is 0.198 e. The van der Waals surface area contributed by atoms with Crippen molar-refractivity contribution in [2.45, 2.75) is 24.8 Å². The Kier molecular flexibility index (Phi) is 5.00. The normalized spacial score (nSPS) is 19.6. The fraction of sp³-hybridized carbons (Fsp3) is 0.143. The average molecular weight is 469 g/mol. The van der Waals surface area contributed by atoms with E-state index < -0.39 is 6.04 Å². The molecule has 6 heteroatoms. The van der Waals surface area contributed by atoms with Crippen molar-refractivity contribution in [2.24, 2.45) is 0 Å². The van der Waals surface area contributed by atoms with Gasteiger partial charge in [0, 0.05) is 22.7 Å². The van der Waals surface area contributed by atoms with Crippen LogP contribution in [0.3, 0.4) is 0 Å². The minimum absolute atomic E-state index is 0.00608. The Balaban J connectivity index is 1.51. The number of para-hydroxylation sites is 3. The van der Waals surface area contributed by atoms with Crippen LogP contribution in [0.25, 0.3) is 11.0 Å². The number of hydrogen-bond acceptors (Lipinski definition) is 5. The van der Waals surface area contributed by atoms with Crippen LogP contribution in [0.4, 0.5) is 11.4 Å². The number of carbonyl (C=O) groups excluding carboxylic acids is 1. The Morgan fingerprint density at radius 3 is 2.41 bits per heavy atom. The molecule has 0 saturated carbocycles. The largest absolute Gasteiger partial charge is 0.464 e. The standard InChI is InChI=1S/C28H21ClN2O3/c29-18-11-9-16(10-12-18)17-13-23-26(24(32)14-17)27(31-22-7-3-2-6-21(22)30-23)20-15-34-25-8-4-1-5-19(25)28(20)33/h1-12,15,17,27,30-31H,13-14H2/t17-,27+/m0/s1. The molecule has 0 amide bonds. The van der Waals surface area contributed by atoms with Gasteiger partial charge in [-0.05, 0) is 54.3 Å². The Hall–Kier alpha value is -3.83. The summed E-state index contributed by atoms with van der Waals surface area (Å²) in [6.45, 7) is 0. The smallest absolute Gasteiger partial charge is 0.198 e. The molecule has 6 rings (SSSR count). The maximum atomic E-state index is 13.6. The number of fused-ring (bicyclic) bond motifs is 2. The molecule has 0 unspecified atom stereocenters. The van der Waals surface area contributed by atoms with Gasteiger partial charge in [0.1, 0.15) is 11.8 Å². The summed E-state index contributed by atoms with van der Waals surface area (Å²) in [5, 5.41) is 8.11. The van der Waals surface area contributed by atoms with Crippen LogP contribution in [0, 0.1) is 0 Å². The average Bonchev–Trinajstić information content (AvgIpc) is 3.02. The Labute approximate surface area is 201 Å².